The van der Waals surface area contributed by atoms with Gasteiger partial charge in [-0.2, -0.15) is 0 Å². The zero-order valence-electron chi connectivity index (χ0n) is 11.9. The van der Waals surface area contributed by atoms with E-state index in [1.165, 1.54) is 31.7 Å². The molecule has 0 spiro atoms. The van der Waals surface area contributed by atoms with Gasteiger partial charge in [-0.1, -0.05) is 26.7 Å². The number of anilines is 1. The third kappa shape index (κ3) is 3.22. The van der Waals surface area contributed by atoms with Gasteiger partial charge in [-0.25, -0.2) is 4.39 Å². The Bertz CT molecular complexity index is 419. The van der Waals surface area contributed by atoms with Gasteiger partial charge in [0.15, 0.2) is 0 Å². The molecule has 1 heterocycles. The zero-order chi connectivity index (χ0) is 13.9. The number of alkyl halides is 1. The van der Waals surface area contributed by atoms with Crippen molar-refractivity contribution in [2.45, 2.75) is 45.4 Å². The molecule has 1 aromatic carbocycles. The summed E-state index contributed by atoms with van der Waals surface area (Å²) in [5.74, 6) is 0.183. The second-order valence-corrected chi connectivity index (χ2v) is 5.91. The molecule has 0 saturated carbocycles. The molecule has 1 fully saturated rings. The standard InChI is InChI=1S/C16H23ClFN/c1-3-16(4-2)5-7-19(8-6-16)15-10-13(12-17)9-14(18)11-15/h9-11H,3-8,12H2,1-2H3. The highest BCUT2D eigenvalue weighted by molar-refractivity contribution is 6.17. The number of rotatable bonds is 4. The van der Waals surface area contributed by atoms with Crippen LogP contribution in [0.1, 0.15) is 45.1 Å². The summed E-state index contributed by atoms with van der Waals surface area (Å²) in [5, 5.41) is 0. The Labute approximate surface area is 120 Å². The van der Waals surface area contributed by atoms with Crippen molar-refractivity contribution in [1.29, 1.82) is 0 Å². The van der Waals surface area contributed by atoms with Crippen LogP contribution in [-0.2, 0) is 5.88 Å². The molecular weight excluding hydrogens is 261 g/mol. The molecule has 0 N–H and O–H groups in total. The van der Waals surface area contributed by atoms with E-state index in [9.17, 15) is 4.39 Å². The fourth-order valence-corrected chi connectivity index (χ4v) is 3.24. The summed E-state index contributed by atoms with van der Waals surface area (Å²) in [4.78, 5) is 2.29. The molecular formula is C16H23ClFN. The lowest BCUT2D eigenvalue weighted by Gasteiger charge is -2.42. The van der Waals surface area contributed by atoms with Crippen LogP contribution in [0.2, 0.25) is 0 Å². The van der Waals surface area contributed by atoms with Gasteiger partial charge in [0.1, 0.15) is 5.82 Å². The molecule has 1 aliphatic heterocycles. The van der Waals surface area contributed by atoms with Gasteiger partial charge in [-0.05, 0) is 42.0 Å². The number of hydrogen-bond donors (Lipinski definition) is 0. The average Bonchev–Trinajstić information content (AvgIpc) is 2.46. The van der Waals surface area contributed by atoms with Gasteiger partial charge in [0.05, 0.1) is 0 Å². The molecule has 1 saturated heterocycles. The fourth-order valence-electron chi connectivity index (χ4n) is 3.09. The van der Waals surface area contributed by atoms with Crippen molar-refractivity contribution in [2.75, 3.05) is 18.0 Å². The molecule has 0 aromatic heterocycles. The van der Waals surface area contributed by atoms with Crippen molar-refractivity contribution in [3.8, 4) is 0 Å². The van der Waals surface area contributed by atoms with Crippen LogP contribution in [0.3, 0.4) is 0 Å². The Morgan fingerprint density at radius 2 is 1.79 bits per heavy atom. The van der Waals surface area contributed by atoms with E-state index >= 15 is 0 Å². The van der Waals surface area contributed by atoms with Crippen molar-refractivity contribution < 1.29 is 4.39 Å². The van der Waals surface area contributed by atoms with E-state index in [1.807, 2.05) is 6.07 Å². The van der Waals surface area contributed by atoms with Gasteiger partial charge in [0, 0.05) is 24.7 Å². The summed E-state index contributed by atoms with van der Waals surface area (Å²) in [5.41, 5.74) is 2.34. The maximum atomic E-state index is 13.6. The quantitative estimate of drug-likeness (QED) is 0.705. The SMILES string of the molecule is CCC1(CC)CCN(c2cc(F)cc(CCl)c2)CC1. The van der Waals surface area contributed by atoms with Gasteiger partial charge < -0.3 is 4.90 Å². The van der Waals surface area contributed by atoms with E-state index in [0.717, 1.165) is 24.3 Å². The molecule has 0 bridgehead atoms. The van der Waals surface area contributed by atoms with Crippen molar-refractivity contribution in [1.82, 2.24) is 0 Å². The van der Waals surface area contributed by atoms with E-state index in [0.29, 0.717) is 11.3 Å². The Balaban J connectivity index is 2.11. The summed E-state index contributed by atoms with van der Waals surface area (Å²) < 4.78 is 13.6. The maximum Gasteiger partial charge on any atom is 0.125 e. The lowest BCUT2D eigenvalue weighted by Crippen LogP contribution is -2.39. The molecule has 1 aliphatic rings. The first-order chi connectivity index (χ1) is 9.12. The van der Waals surface area contributed by atoms with E-state index in [4.69, 9.17) is 11.6 Å². The van der Waals surface area contributed by atoms with Gasteiger partial charge in [0.2, 0.25) is 0 Å². The lowest BCUT2D eigenvalue weighted by atomic mass is 9.74. The summed E-state index contributed by atoms with van der Waals surface area (Å²) in [7, 11) is 0. The molecule has 1 nitrogen and oxygen atoms in total. The Morgan fingerprint density at radius 3 is 2.32 bits per heavy atom. The third-order valence-corrected chi connectivity index (χ3v) is 5.09. The molecule has 2 rings (SSSR count). The second-order valence-electron chi connectivity index (χ2n) is 5.65. The summed E-state index contributed by atoms with van der Waals surface area (Å²) in [6.07, 6.45) is 4.89. The van der Waals surface area contributed by atoms with Crippen LogP contribution in [-0.4, -0.2) is 13.1 Å². The van der Waals surface area contributed by atoms with Crippen LogP contribution < -0.4 is 4.90 Å². The molecule has 0 atom stereocenters. The topological polar surface area (TPSA) is 3.24 Å². The average molecular weight is 284 g/mol. The highest BCUT2D eigenvalue weighted by Crippen LogP contribution is 2.39. The van der Waals surface area contributed by atoms with Crippen LogP contribution in [0.25, 0.3) is 0 Å². The highest BCUT2D eigenvalue weighted by atomic mass is 35.5. The highest BCUT2D eigenvalue weighted by Gasteiger charge is 2.31. The summed E-state index contributed by atoms with van der Waals surface area (Å²) in [6.45, 7) is 6.61. The molecule has 0 radical (unpaired) electrons. The number of hydrogen-bond acceptors (Lipinski definition) is 1. The minimum absolute atomic E-state index is 0.184. The van der Waals surface area contributed by atoms with E-state index in [-0.39, 0.29) is 5.82 Å². The molecule has 106 valence electrons. The Kier molecular flexibility index (Phi) is 4.72. The van der Waals surface area contributed by atoms with Crippen molar-refractivity contribution in [3.63, 3.8) is 0 Å². The summed E-state index contributed by atoms with van der Waals surface area (Å²) >= 11 is 5.81. The molecule has 19 heavy (non-hydrogen) atoms. The fraction of sp³-hybridized carbons (Fsp3) is 0.625. The number of halogens is 2. The van der Waals surface area contributed by atoms with E-state index in [2.05, 4.69) is 18.7 Å². The van der Waals surface area contributed by atoms with Crippen molar-refractivity contribution in [2.24, 2.45) is 5.41 Å². The second kappa shape index (κ2) is 6.13. The monoisotopic (exact) mass is 283 g/mol. The Hall–Kier alpha value is -0.760. The molecule has 0 unspecified atom stereocenters. The van der Waals surface area contributed by atoms with Gasteiger partial charge in [-0.3, -0.25) is 0 Å². The van der Waals surface area contributed by atoms with Crippen LogP contribution >= 0.6 is 11.6 Å². The van der Waals surface area contributed by atoms with E-state index < -0.39 is 0 Å². The molecule has 0 aliphatic carbocycles. The van der Waals surface area contributed by atoms with Gasteiger partial charge in [-0.15, -0.1) is 11.6 Å². The van der Waals surface area contributed by atoms with Crippen LogP contribution in [0.4, 0.5) is 10.1 Å². The number of nitrogens with zero attached hydrogens (tertiary/aromatic N) is 1. The normalized spacial score (nSPS) is 18.6. The predicted molar refractivity (Wildman–Crippen MR) is 80.4 cm³/mol. The van der Waals surface area contributed by atoms with Crippen LogP contribution in [0.5, 0.6) is 0 Å². The lowest BCUT2D eigenvalue weighted by molar-refractivity contribution is 0.199. The number of benzene rings is 1. The minimum Gasteiger partial charge on any atom is -0.371 e. The first-order valence-corrected chi connectivity index (χ1v) is 7.76. The van der Waals surface area contributed by atoms with E-state index in [1.54, 1.807) is 6.07 Å². The van der Waals surface area contributed by atoms with Gasteiger partial charge in [0.25, 0.3) is 0 Å². The number of piperidine rings is 1. The van der Waals surface area contributed by atoms with Crippen LogP contribution in [0, 0.1) is 11.2 Å². The van der Waals surface area contributed by atoms with Crippen LogP contribution in [0.15, 0.2) is 18.2 Å². The Morgan fingerprint density at radius 1 is 1.16 bits per heavy atom. The first kappa shape index (κ1) is 14.6. The first-order valence-electron chi connectivity index (χ1n) is 7.23. The smallest absolute Gasteiger partial charge is 0.125 e. The zero-order valence-corrected chi connectivity index (χ0v) is 12.6. The van der Waals surface area contributed by atoms with Crippen molar-refractivity contribution in [3.05, 3.63) is 29.6 Å². The predicted octanol–water partition coefficient (Wildman–Crippen LogP) is 4.97. The van der Waals surface area contributed by atoms with Gasteiger partial charge >= 0.3 is 0 Å². The maximum absolute atomic E-state index is 13.6. The largest absolute Gasteiger partial charge is 0.371 e. The summed E-state index contributed by atoms with van der Waals surface area (Å²) in [6, 6.07) is 5.16. The molecule has 1 aromatic rings. The molecule has 3 heteroatoms. The van der Waals surface area contributed by atoms with Crippen molar-refractivity contribution >= 4 is 17.3 Å². The minimum atomic E-state index is -0.184. The molecule has 0 amide bonds. The third-order valence-electron chi connectivity index (χ3n) is 4.79.